The summed E-state index contributed by atoms with van der Waals surface area (Å²) in [5, 5.41) is 2.86. The molecule has 0 spiro atoms. The molecule has 3 aromatic carbocycles. The Morgan fingerprint density at radius 1 is 1.03 bits per heavy atom. The number of nitrogens with zero attached hydrogens (tertiary/aromatic N) is 1. The topological polar surface area (TPSA) is 49.4 Å². The molecule has 1 aliphatic rings. The van der Waals surface area contributed by atoms with Crippen molar-refractivity contribution in [2.75, 3.05) is 11.1 Å². The van der Waals surface area contributed by atoms with Crippen LogP contribution in [0.3, 0.4) is 0 Å². The molecular formula is C23H19BrN2O2S. The molecule has 1 fully saturated rings. The molecule has 1 atom stereocenters. The summed E-state index contributed by atoms with van der Waals surface area (Å²) in [7, 11) is 0. The molecule has 0 saturated carbocycles. The SMILES string of the molecule is O=C(Nc1cccc(Br)c1)c1ccc([C@@H]2SCC(=O)N2Cc2ccccc2)cc1. The van der Waals surface area contributed by atoms with Crippen molar-refractivity contribution >= 4 is 45.2 Å². The van der Waals surface area contributed by atoms with Gasteiger partial charge in [-0.15, -0.1) is 11.8 Å². The first-order valence-electron chi connectivity index (χ1n) is 9.22. The van der Waals surface area contributed by atoms with Gasteiger partial charge < -0.3 is 10.2 Å². The molecular weight excluding hydrogens is 448 g/mol. The molecule has 1 heterocycles. The molecule has 1 aliphatic heterocycles. The summed E-state index contributed by atoms with van der Waals surface area (Å²) >= 11 is 5.02. The van der Waals surface area contributed by atoms with E-state index in [2.05, 4.69) is 21.2 Å². The van der Waals surface area contributed by atoms with Crippen molar-refractivity contribution in [1.29, 1.82) is 0 Å². The van der Waals surface area contributed by atoms with Gasteiger partial charge in [-0.25, -0.2) is 0 Å². The zero-order valence-electron chi connectivity index (χ0n) is 15.5. The Hall–Kier alpha value is -2.57. The fourth-order valence-corrected chi connectivity index (χ4v) is 4.84. The van der Waals surface area contributed by atoms with Crippen LogP contribution in [0, 0.1) is 0 Å². The Morgan fingerprint density at radius 2 is 1.79 bits per heavy atom. The number of thioether (sulfide) groups is 1. The maximum absolute atomic E-state index is 12.5. The third-order valence-corrected chi connectivity index (χ3v) is 6.45. The van der Waals surface area contributed by atoms with E-state index in [-0.39, 0.29) is 17.2 Å². The van der Waals surface area contributed by atoms with Crippen LogP contribution in [0.5, 0.6) is 0 Å². The summed E-state index contributed by atoms with van der Waals surface area (Å²) in [5.74, 6) is 0.453. The van der Waals surface area contributed by atoms with Gasteiger partial charge in [-0.1, -0.05) is 64.5 Å². The van der Waals surface area contributed by atoms with Crippen LogP contribution in [0.2, 0.25) is 0 Å². The van der Waals surface area contributed by atoms with Crippen molar-refractivity contribution in [1.82, 2.24) is 4.90 Å². The predicted molar refractivity (Wildman–Crippen MR) is 121 cm³/mol. The van der Waals surface area contributed by atoms with E-state index in [9.17, 15) is 9.59 Å². The van der Waals surface area contributed by atoms with E-state index >= 15 is 0 Å². The molecule has 3 aromatic rings. The average molecular weight is 467 g/mol. The van der Waals surface area contributed by atoms with Crippen LogP contribution in [0.1, 0.15) is 26.9 Å². The third kappa shape index (κ3) is 4.71. The number of carbonyl (C=O) groups is 2. The van der Waals surface area contributed by atoms with Crippen molar-refractivity contribution in [3.8, 4) is 0 Å². The van der Waals surface area contributed by atoms with Crippen LogP contribution in [0.4, 0.5) is 5.69 Å². The average Bonchev–Trinajstić information content (AvgIpc) is 3.09. The maximum Gasteiger partial charge on any atom is 0.255 e. The molecule has 4 rings (SSSR count). The second-order valence-corrected chi connectivity index (χ2v) is 8.74. The van der Waals surface area contributed by atoms with Gasteiger partial charge in [0.15, 0.2) is 0 Å². The summed E-state index contributed by atoms with van der Waals surface area (Å²) in [6.45, 7) is 0.586. The largest absolute Gasteiger partial charge is 0.322 e. The standard InChI is InChI=1S/C23H19BrN2O2S/c24-19-7-4-8-20(13-19)25-22(28)17-9-11-18(12-10-17)23-26(21(27)15-29-23)14-16-5-2-1-3-6-16/h1-13,23H,14-15H2,(H,25,28)/t23-/m0/s1. The number of benzene rings is 3. The zero-order valence-corrected chi connectivity index (χ0v) is 17.9. The van der Waals surface area contributed by atoms with Gasteiger partial charge in [0.2, 0.25) is 5.91 Å². The fraction of sp³-hybridized carbons (Fsp3) is 0.130. The molecule has 0 aliphatic carbocycles. The molecule has 6 heteroatoms. The Bertz CT molecular complexity index is 1020. The summed E-state index contributed by atoms with van der Waals surface area (Å²) in [6, 6.07) is 25.0. The third-order valence-electron chi connectivity index (χ3n) is 4.70. The van der Waals surface area contributed by atoms with Gasteiger partial charge in [0.05, 0.1) is 5.75 Å². The highest BCUT2D eigenvalue weighted by Gasteiger charge is 2.32. The molecule has 2 amide bonds. The molecule has 29 heavy (non-hydrogen) atoms. The van der Waals surface area contributed by atoms with E-state index in [0.717, 1.165) is 21.3 Å². The number of anilines is 1. The number of nitrogens with one attached hydrogen (secondary N) is 1. The molecule has 0 bridgehead atoms. The molecule has 0 aromatic heterocycles. The Balaban J connectivity index is 1.47. The summed E-state index contributed by atoms with van der Waals surface area (Å²) in [5.41, 5.74) is 3.45. The minimum absolute atomic E-state index is 0.0371. The highest BCUT2D eigenvalue weighted by Crippen LogP contribution is 2.39. The minimum Gasteiger partial charge on any atom is -0.322 e. The minimum atomic E-state index is -0.161. The van der Waals surface area contributed by atoms with Crippen LogP contribution in [0.15, 0.2) is 83.3 Å². The van der Waals surface area contributed by atoms with Gasteiger partial charge in [0, 0.05) is 22.3 Å². The Labute approximate surface area is 182 Å². The number of halogens is 1. The van der Waals surface area contributed by atoms with Gasteiger partial charge in [0.25, 0.3) is 5.91 Å². The fourth-order valence-electron chi connectivity index (χ4n) is 3.25. The van der Waals surface area contributed by atoms with Crippen molar-refractivity contribution in [2.45, 2.75) is 11.9 Å². The predicted octanol–water partition coefficient (Wildman–Crippen LogP) is 5.48. The molecule has 0 radical (unpaired) electrons. The van der Waals surface area contributed by atoms with Gasteiger partial charge >= 0.3 is 0 Å². The van der Waals surface area contributed by atoms with Crippen LogP contribution >= 0.6 is 27.7 Å². The van der Waals surface area contributed by atoms with Crippen molar-refractivity contribution in [2.24, 2.45) is 0 Å². The molecule has 0 unspecified atom stereocenters. The summed E-state index contributed by atoms with van der Waals surface area (Å²) in [6.07, 6.45) is 0. The van der Waals surface area contributed by atoms with E-state index in [1.807, 2.05) is 83.8 Å². The Morgan fingerprint density at radius 3 is 2.52 bits per heavy atom. The molecule has 1 saturated heterocycles. The number of carbonyl (C=O) groups excluding carboxylic acids is 2. The number of rotatable bonds is 5. The monoisotopic (exact) mass is 466 g/mol. The van der Waals surface area contributed by atoms with E-state index in [0.29, 0.717) is 17.9 Å². The Kier molecular flexibility index (Phi) is 6.02. The summed E-state index contributed by atoms with van der Waals surface area (Å²) in [4.78, 5) is 26.8. The lowest BCUT2D eigenvalue weighted by Crippen LogP contribution is -2.27. The number of hydrogen-bond acceptors (Lipinski definition) is 3. The lowest BCUT2D eigenvalue weighted by atomic mass is 10.1. The van der Waals surface area contributed by atoms with E-state index in [1.54, 1.807) is 11.8 Å². The highest BCUT2D eigenvalue weighted by atomic mass is 79.9. The van der Waals surface area contributed by atoms with Gasteiger partial charge in [0.1, 0.15) is 5.37 Å². The van der Waals surface area contributed by atoms with Gasteiger partial charge in [-0.05, 0) is 41.5 Å². The van der Waals surface area contributed by atoms with Crippen molar-refractivity contribution < 1.29 is 9.59 Å². The second kappa shape index (κ2) is 8.84. The first-order chi connectivity index (χ1) is 14.1. The lowest BCUT2D eigenvalue weighted by molar-refractivity contribution is -0.128. The summed E-state index contributed by atoms with van der Waals surface area (Å²) < 4.78 is 0.909. The number of amides is 2. The quantitative estimate of drug-likeness (QED) is 0.541. The van der Waals surface area contributed by atoms with E-state index < -0.39 is 0 Å². The number of hydrogen-bond donors (Lipinski definition) is 1. The molecule has 146 valence electrons. The van der Waals surface area contributed by atoms with E-state index in [1.165, 1.54) is 0 Å². The highest BCUT2D eigenvalue weighted by molar-refractivity contribution is 9.10. The molecule has 4 nitrogen and oxygen atoms in total. The molecule has 1 N–H and O–H groups in total. The lowest BCUT2D eigenvalue weighted by Gasteiger charge is -2.24. The van der Waals surface area contributed by atoms with Crippen molar-refractivity contribution in [3.63, 3.8) is 0 Å². The van der Waals surface area contributed by atoms with Crippen LogP contribution < -0.4 is 5.32 Å². The zero-order chi connectivity index (χ0) is 20.2. The second-order valence-electron chi connectivity index (χ2n) is 6.76. The van der Waals surface area contributed by atoms with Crippen LogP contribution in [-0.2, 0) is 11.3 Å². The smallest absolute Gasteiger partial charge is 0.255 e. The first-order valence-corrected chi connectivity index (χ1v) is 11.1. The van der Waals surface area contributed by atoms with Crippen LogP contribution in [0.25, 0.3) is 0 Å². The van der Waals surface area contributed by atoms with Gasteiger partial charge in [-0.3, -0.25) is 9.59 Å². The van der Waals surface area contributed by atoms with Crippen LogP contribution in [-0.4, -0.2) is 22.5 Å². The first kappa shape index (κ1) is 19.7. The normalized spacial score (nSPS) is 16.1. The van der Waals surface area contributed by atoms with Gasteiger partial charge in [-0.2, -0.15) is 0 Å². The maximum atomic E-state index is 12.5. The van der Waals surface area contributed by atoms with E-state index in [4.69, 9.17) is 0 Å². The van der Waals surface area contributed by atoms with Crippen molar-refractivity contribution in [3.05, 3.63) is 100 Å².